The number of hydrogen-bond donors (Lipinski definition) is 4. The summed E-state index contributed by atoms with van der Waals surface area (Å²) in [6.07, 6.45) is 1.57. The molecule has 0 bridgehead atoms. The van der Waals surface area contributed by atoms with E-state index < -0.39 is 12.0 Å². The van der Waals surface area contributed by atoms with Gasteiger partial charge in [0.1, 0.15) is 0 Å². The van der Waals surface area contributed by atoms with Gasteiger partial charge in [-0.25, -0.2) is 4.98 Å². The smallest absolute Gasteiger partial charge is 0.303 e. The minimum Gasteiger partial charge on any atom is -0.481 e. The van der Waals surface area contributed by atoms with Crippen LogP contribution >= 0.6 is 11.3 Å². The van der Waals surface area contributed by atoms with Crippen molar-refractivity contribution in [2.75, 3.05) is 5.73 Å². The zero-order valence-electron chi connectivity index (χ0n) is 9.05. The van der Waals surface area contributed by atoms with E-state index in [0.717, 1.165) is 4.88 Å². The van der Waals surface area contributed by atoms with E-state index in [2.05, 4.69) is 10.3 Å². The molecule has 1 amide bonds. The van der Waals surface area contributed by atoms with Crippen LogP contribution in [-0.2, 0) is 16.1 Å². The summed E-state index contributed by atoms with van der Waals surface area (Å²) in [6, 6.07) is -0.809. The van der Waals surface area contributed by atoms with E-state index in [0.29, 0.717) is 11.7 Å². The minimum absolute atomic E-state index is 0.117. The highest BCUT2D eigenvalue weighted by Crippen LogP contribution is 2.13. The van der Waals surface area contributed by atoms with Crippen LogP contribution in [0.4, 0.5) is 5.13 Å². The summed E-state index contributed by atoms with van der Waals surface area (Å²) in [5.74, 6) is -1.35. The highest BCUT2D eigenvalue weighted by Gasteiger charge is 2.14. The van der Waals surface area contributed by atoms with Crippen LogP contribution in [0.2, 0.25) is 0 Å². The Kier molecular flexibility index (Phi) is 4.85. The quantitative estimate of drug-likeness (QED) is 0.545. The zero-order valence-corrected chi connectivity index (χ0v) is 9.87. The van der Waals surface area contributed by atoms with Crippen molar-refractivity contribution >= 4 is 28.3 Å². The van der Waals surface area contributed by atoms with E-state index in [1.165, 1.54) is 11.3 Å². The molecule has 0 unspecified atom stereocenters. The lowest BCUT2D eigenvalue weighted by molar-refractivity contribution is -0.137. The van der Waals surface area contributed by atoms with Gasteiger partial charge in [0.2, 0.25) is 5.91 Å². The van der Waals surface area contributed by atoms with E-state index in [1.54, 1.807) is 6.20 Å². The Morgan fingerprint density at radius 2 is 2.29 bits per heavy atom. The van der Waals surface area contributed by atoms with Gasteiger partial charge in [0.25, 0.3) is 0 Å². The number of nitrogens with two attached hydrogens (primary N) is 2. The fourth-order valence-corrected chi connectivity index (χ4v) is 1.74. The fraction of sp³-hybridized carbons (Fsp3) is 0.444. The molecule has 0 aromatic carbocycles. The monoisotopic (exact) mass is 258 g/mol. The molecule has 1 heterocycles. The van der Waals surface area contributed by atoms with E-state index in [9.17, 15) is 9.59 Å². The van der Waals surface area contributed by atoms with Gasteiger partial charge in [0.15, 0.2) is 5.13 Å². The third-order valence-corrected chi connectivity index (χ3v) is 2.84. The first-order chi connectivity index (χ1) is 7.99. The number of nitrogens with zero attached hydrogens (tertiary/aromatic N) is 1. The number of thiazole rings is 1. The van der Waals surface area contributed by atoms with Crippen molar-refractivity contribution in [2.45, 2.75) is 25.4 Å². The average molecular weight is 258 g/mol. The number of amides is 1. The first-order valence-electron chi connectivity index (χ1n) is 4.94. The van der Waals surface area contributed by atoms with Crippen LogP contribution in [0, 0.1) is 0 Å². The maximum Gasteiger partial charge on any atom is 0.303 e. The molecule has 0 saturated carbocycles. The van der Waals surface area contributed by atoms with Gasteiger partial charge >= 0.3 is 5.97 Å². The number of aromatic nitrogens is 1. The Hall–Kier alpha value is -1.67. The second-order valence-corrected chi connectivity index (χ2v) is 4.57. The molecule has 0 aliphatic heterocycles. The molecule has 0 radical (unpaired) electrons. The molecule has 1 atom stereocenters. The summed E-state index contributed by atoms with van der Waals surface area (Å²) < 4.78 is 0. The van der Waals surface area contributed by atoms with Crippen LogP contribution in [0.5, 0.6) is 0 Å². The lowest BCUT2D eigenvalue weighted by Gasteiger charge is -2.09. The third kappa shape index (κ3) is 4.79. The summed E-state index contributed by atoms with van der Waals surface area (Å²) in [4.78, 5) is 26.4. The first kappa shape index (κ1) is 13.4. The molecular formula is C9H14N4O3S. The minimum atomic E-state index is -0.969. The summed E-state index contributed by atoms with van der Waals surface area (Å²) in [6.45, 7) is 0.300. The Bertz CT molecular complexity index is 407. The predicted octanol–water partition coefficient (Wildman–Crippen LogP) is -0.466. The standard InChI is InChI=1S/C9H14N4O3S/c10-6(1-2-7(14)15)8(16)12-3-5-4-13-9(11)17-5/h4,6H,1-3,10H2,(H2,11,13)(H,12,16)(H,14,15)/t6-/m0/s1. The number of rotatable bonds is 6. The number of aliphatic carboxylic acids is 1. The Morgan fingerprint density at radius 3 is 2.82 bits per heavy atom. The number of nitrogen functional groups attached to an aromatic ring is 1. The second kappa shape index (κ2) is 6.16. The number of anilines is 1. The van der Waals surface area contributed by atoms with Gasteiger partial charge in [-0.1, -0.05) is 0 Å². The summed E-state index contributed by atoms with van der Waals surface area (Å²) in [5.41, 5.74) is 11.0. The van der Waals surface area contributed by atoms with Crippen molar-refractivity contribution in [3.8, 4) is 0 Å². The molecule has 94 valence electrons. The molecule has 1 aromatic heterocycles. The molecule has 0 aliphatic rings. The molecule has 7 nitrogen and oxygen atoms in total. The van der Waals surface area contributed by atoms with Crippen LogP contribution in [0.15, 0.2) is 6.20 Å². The van der Waals surface area contributed by atoms with Gasteiger partial charge in [-0.15, -0.1) is 11.3 Å². The van der Waals surface area contributed by atoms with E-state index in [1.807, 2.05) is 0 Å². The highest BCUT2D eigenvalue weighted by atomic mass is 32.1. The van der Waals surface area contributed by atoms with Crippen LogP contribution in [0.3, 0.4) is 0 Å². The summed E-state index contributed by atoms with van der Waals surface area (Å²) in [5, 5.41) is 11.5. The molecule has 1 aromatic rings. The molecular weight excluding hydrogens is 244 g/mol. The molecule has 0 saturated heterocycles. The third-order valence-electron chi connectivity index (χ3n) is 2.01. The number of carboxylic acid groups (broad SMARTS) is 1. The van der Waals surface area contributed by atoms with E-state index in [4.69, 9.17) is 16.6 Å². The molecule has 1 rings (SSSR count). The van der Waals surface area contributed by atoms with E-state index in [-0.39, 0.29) is 18.7 Å². The van der Waals surface area contributed by atoms with Crippen molar-refractivity contribution in [2.24, 2.45) is 5.73 Å². The molecule has 17 heavy (non-hydrogen) atoms. The van der Waals surface area contributed by atoms with Crippen LogP contribution in [-0.4, -0.2) is 28.0 Å². The second-order valence-electron chi connectivity index (χ2n) is 3.42. The number of carbonyl (C=O) groups excluding carboxylic acids is 1. The Labute approximate surface area is 102 Å². The zero-order chi connectivity index (χ0) is 12.8. The largest absolute Gasteiger partial charge is 0.481 e. The average Bonchev–Trinajstić information content (AvgIpc) is 2.68. The first-order valence-corrected chi connectivity index (χ1v) is 5.76. The van der Waals surface area contributed by atoms with Crippen molar-refractivity contribution in [1.29, 1.82) is 0 Å². The van der Waals surface area contributed by atoms with Gasteiger partial charge in [0, 0.05) is 17.5 Å². The molecule has 0 fully saturated rings. The van der Waals surface area contributed by atoms with Crippen molar-refractivity contribution in [3.05, 3.63) is 11.1 Å². The molecule has 0 aliphatic carbocycles. The van der Waals surface area contributed by atoms with Gasteiger partial charge in [-0.05, 0) is 6.42 Å². The van der Waals surface area contributed by atoms with Crippen LogP contribution < -0.4 is 16.8 Å². The lowest BCUT2D eigenvalue weighted by Crippen LogP contribution is -2.40. The van der Waals surface area contributed by atoms with Crippen molar-refractivity contribution < 1.29 is 14.7 Å². The number of nitrogens with one attached hydrogen (secondary N) is 1. The number of carboxylic acids is 1. The summed E-state index contributed by atoms with van der Waals surface area (Å²) >= 11 is 1.28. The van der Waals surface area contributed by atoms with Crippen LogP contribution in [0.1, 0.15) is 17.7 Å². The number of carbonyl (C=O) groups is 2. The van der Waals surface area contributed by atoms with Gasteiger partial charge < -0.3 is 21.9 Å². The van der Waals surface area contributed by atoms with Crippen molar-refractivity contribution in [1.82, 2.24) is 10.3 Å². The molecule has 6 N–H and O–H groups in total. The number of hydrogen-bond acceptors (Lipinski definition) is 6. The molecule has 0 spiro atoms. The summed E-state index contributed by atoms with van der Waals surface area (Å²) in [7, 11) is 0. The van der Waals surface area contributed by atoms with Gasteiger partial charge in [-0.3, -0.25) is 9.59 Å². The van der Waals surface area contributed by atoms with Crippen molar-refractivity contribution in [3.63, 3.8) is 0 Å². The maximum absolute atomic E-state index is 11.5. The maximum atomic E-state index is 11.5. The lowest BCUT2D eigenvalue weighted by atomic mass is 10.1. The SMILES string of the molecule is Nc1ncc(CNC(=O)[C@@H](N)CCC(=O)O)s1. The Morgan fingerprint density at radius 1 is 1.59 bits per heavy atom. The van der Waals surface area contributed by atoms with Crippen LogP contribution in [0.25, 0.3) is 0 Å². The Balaban J connectivity index is 2.31. The fourth-order valence-electron chi connectivity index (χ4n) is 1.12. The normalized spacial score (nSPS) is 12.1. The van der Waals surface area contributed by atoms with Gasteiger partial charge in [-0.2, -0.15) is 0 Å². The topological polar surface area (TPSA) is 131 Å². The molecule has 8 heteroatoms. The predicted molar refractivity (Wildman–Crippen MR) is 63.2 cm³/mol. The van der Waals surface area contributed by atoms with Gasteiger partial charge in [0.05, 0.1) is 12.6 Å². The highest BCUT2D eigenvalue weighted by molar-refractivity contribution is 7.15. The van der Waals surface area contributed by atoms with E-state index >= 15 is 0 Å².